The maximum Gasteiger partial charge on any atom is 0.326 e. The van der Waals surface area contributed by atoms with Gasteiger partial charge in [0.25, 0.3) is 0 Å². The molecule has 1 rings (SSSR count). The zero-order chi connectivity index (χ0) is 12.1. The van der Waals surface area contributed by atoms with E-state index in [9.17, 15) is 9.59 Å². The number of carbonyl (C=O) groups excluding carboxylic acids is 1. The Hall–Kier alpha value is -1.62. The molecule has 1 unspecified atom stereocenters. The van der Waals surface area contributed by atoms with Crippen LogP contribution in [0, 0.1) is 0 Å². The first kappa shape index (κ1) is 12.4. The molecular weight excluding hydrogens is 208 g/mol. The fourth-order valence-electron chi connectivity index (χ4n) is 1.33. The molecule has 1 heterocycles. The standard InChI is InChI=1S/C11H16N2O3/c1-3-4-9(11(15)16)13-10(14)7(2)8-5-12-6-8/h3,9,12H,1,4-6H2,2H3,(H,13,14)(H,15,16). The molecule has 1 atom stereocenters. The van der Waals surface area contributed by atoms with Crippen LogP contribution in [0.25, 0.3) is 0 Å². The van der Waals surface area contributed by atoms with Gasteiger partial charge in [-0.2, -0.15) is 0 Å². The monoisotopic (exact) mass is 224 g/mol. The van der Waals surface area contributed by atoms with Gasteiger partial charge in [0.15, 0.2) is 0 Å². The van der Waals surface area contributed by atoms with E-state index < -0.39 is 12.0 Å². The van der Waals surface area contributed by atoms with E-state index in [0.717, 1.165) is 5.57 Å². The summed E-state index contributed by atoms with van der Waals surface area (Å²) in [7, 11) is 0. The van der Waals surface area contributed by atoms with Crippen molar-refractivity contribution in [1.29, 1.82) is 0 Å². The number of carboxylic acid groups (broad SMARTS) is 1. The Kier molecular flexibility index (Phi) is 4.25. The van der Waals surface area contributed by atoms with E-state index in [1.165, 1.54) is 6.08 Å². The lowest BCUT2D eigenvalue weighted by atomic mass is 10.0. The minimum atomic E-state index is -1.04. The van der Waals surface area contributed by atoms with Gasteiger partial charge in [-0.15, -0.1) is 6.58 Å². The SMILES string of the molecule is C=CCC(NC(=O)C(C)=C1CNC1)C(=O)O. The third-order valence-electron chi connectivity index (χ3n) is 2.55. The highest BCUT2D eigenvalue weighted by molar-refractivity contribution is 5.96. The van der Waals surface area contributed by atoms with Crippen LogP contribution in [-0.2, 0) is 9.59 Å². The minimum Gasteiger partial charge on any atom is -0.480 e. The van der Waals surface area contributed by atoms with Crippen LogP contribution >= 0.6 is 0 Å². The van der Waals surface area contributed by atoms with E-state index in [2.05, 4.69) is 17.2 Å². The van der Waals surface area contributed by atoms with Crippen molar-refractivity contribution in [1.82, 2.24) is 10.6 Å². The molecule has 5 nitrogen and oxygen atoms in total. The quantitative estimate of drug-likeness (QED) is 0.455. The molecule has 1 amide bonds. The van der Waals surface area contributed by atoms with E-state index in [0.29, 0.717) is 18.7 Å². The van der Waals surface area contributed by atoms with Crippen molar-refractivity contribution < 1.29 is 14.7 Å². The van der Waals surface area contributed by atoms with Crippen LogP contribution in [0.1, 0.15) is 13.3 Å². The number of carbonyl (C=O) groups is 2. The smallest absolute Gasteiger partial charge is 0.326 e. The van der Waals surface area contributed by atoms with Gasteiger partial charge in [-0.05, 0) is 18.9 Å². The Bertz CT molecular complexity index is 341. The molecule has 0 aromatic carbocycles. The summed E-state index contributed by atoms with van der Waals surface area (Å²) in [6, 6.07) is -0.895. The first-order valence-corrected chi connectivity index (χ1v) is 5.10. The minimum absolute atomic E-state index is 0.224. The molecule has 0 aliphatic carbocycles. The lowest BCUT2D eigenvalue weighted by molar-refractivity contribution is -0.141. The van der Waals surface area contributed by atoms with Crippen LogP contribution in [0.5, 0.6) is 0 Å². The fraction of sp³-hybridized carbons (Fsp3) is 0.455. The highest BCUT2D eigenvalue weighted by atomic mass is 16.4. The first-order chi connectivity index (χ1) is 7.56. The predicted molar refractivity (Wildman–Crippen MR) is 60.0 cm³/mol. The van der Waals surface area contributed by atoms with Crippen molar-refractivity contribution >= 4 is 11.9 Å². The van der Waals surface area contributed by atoms with Gasteiger partial charge >= 0.3 is 5.97 Å². The van der Waals surface area contributed by atoms with Crippen molar-refractivity contribution in [2.24, 2.45) is 0 Å². The molecule has 1 saturated heterocycles. The van der Waals surface area contributed by atoms with Gasteiger partial charge in [-0.1, -0.05) is 6.08 Å². The van der Waals surface area contributed by atoms with Crippen LogP contribution in [0.4, 0.5) is 0 Å². The van der Waals surface area contributed by atoms with Crippen molar-refractivity contribution in [2.75, 3.05) is 13.1 Å². The van der Waals surface area contributed by atoms with Crippen molar-refractivity contribution in [3.8, 4) is 0 Å². The molecule has 0 bridgehead atoms. The molecule has 0 aromatic rings. The lowest BCUT2D eigenvalue weighted by Crippen LogP contribution is -2.43. The summed E-state index contributed by atoms with van der Waals surface area (Å²) in [4.78, 5) is 22.5. The van der Waals surface area contributed by atoms with E-state index in [1.807, 2.05) is 0 Å². The number of rotatable bonds is 5. The van der Waals surface area contributed by atoms with Crippen LogP contribution < -0.4 is 10.6 Å². The molecule has 0 spiro atoms. The largest absolute Gasteiger partial charge is 0.480 e. The van der Waals surface area contributed by atoms with Gasteiger partial charge in [-0.3, -0.25) is 4.79 Å². The highest BCUT2D eigenvalue weighted by Gasteiger charge is 2.21. The Morgan fingerprint density at radius 3 is 2.62 bits per heavy atom. The summed E-state index contributed by atoms with van der Waals surface area (Å²) in [5.41, 5.74) is 1.63. The predicted octanol–water partition coefficient (Wildman–Crippen LogP) is 0.0516. The van der Waals surface area contributed by atoms with Crippen molar-refractivity contribution in [3.05, 3.63) is 23.8 Å². The van der Waals surface area contributed by atoms with Crippen LogP contribution in [-0.4, -0.2) is 36.1 Å². The summed E-state index contributed by atoms with van der Waals surface area (Å²) in [5, 5.41) is 14.4. The van der Waals surface area contributed by atoms with Crippen LogP contribution in [0.15, 0.2) is 23.8 Å². The first-order valence-electron chi connectivity index (χ1n) is 5.10. The maximum atomic E-state index is 11.7. The lowest BCUT2D eigenvalue weighted by Gasteiger charge is -2.22. The number of amides is 1. The van der Waals surface area contributed by atoms with E-state index >= 15 is 0 Å². The molecule has 1 aliphatic rings. The molecule has 88 valence electrons. The zero-order valence-corrected chi connectivity index (χ0v) is 9.25. The van der Waals surface area contributed by atoms with Gasteiger partial charge in [0, 0.05) is 18.7 Å². The van der Waals surface area contributed by atoms with Gasteiger partial charge < -0.3 is 15.7 Å². The Morgan fingerprint density at radius 1 is 1.62 bits per heavy atom. The average Bonchev–Trinajstić information content (AvgIpc) is 2.13. The molecular formula is C11H16N2O3. The normalized spacial score (nSPS) is 15.9. The third kappa shape index (κ3) is 2.93. The molecule has 1 fully saturated rings. The molecule has 5 heteroatoms. The average molecular weight is 224 g/mol. The van der Waals surface area contributed by atoms with Crippen molar-refractivity contribution in [3.63, 3.8) is 0 Å². The maximum absolute atomic E-state index is 11.7. The third-order valence-corrected chi connectivity index (χ3v) is 2.55. The second kappa shape index (κ2) is 5.46. The zero-order valence-electron chi connectivity index (χ0n) is 9.25. The van der Waals surface area contributed by atoms with Gasteiger partial charge in [0.05, 0.1) is 0 Å². The summed E-state index contributed by atoms with van der Waals surface area (Å²) < 4.78 is 0. The Labute approximate surface area is 94.2 Å². The summed E-state index contributed by atoms with van der Waals surface area (Å²) in [6.45, 7) is 6.58. The van der Waals surface area contributed by atoms with E-state index in [-0.39, 0.29) is 12.3 Å². The highest BCUT2D eigenvalue weighted by Crippen LogP contribution is 2.09. The summed E-state index contributed by atoms with van der Waals surface area (Å²) in [6.07, 6.45) is 1.70. The second-order valence-corrected chi connectivity index (χ2v) is 3.72. The molecule has 0 saturated carbocycles. The topological polar surface area (TPSA) is 78.4 Å². The Balaban J connectivity index is 2.60. The summed E-state index contributed by atoms with van der Waals surface area (Å²) >= 11 is 0. The van der Waals surface area contributed by atoms with Gasteiger partial charge in [0.2, 0.25) is 5.91 Å². The van der Waals surface area contributed by atoms with Crippen molar-refractivity contribution in [2.45, 2.75) is 19.4 Å². The molecule has 1 aliphatic heterocycles. The Morgan fingerprint density at radius 2 is 2.25 bits per heavy atom. The number of carboxylic acids is 1. The number of nitrogens with one attached hydrogen (secondary N) is 2. The number of hydrogen-bond donors (Lipinski definition) is 3. The molecule has 0 radical (unpaired) electrons. The van der Waals surface area contributed by atoms with Gasteiger partial charge in [0.1, 0.15) is 6.04 Å². The fourth-order valence-corrected chi connectivity index (χ4v) is 1.33. The van der Waals surface area contributed by atoms with Crippen LogP contribution in [0.2, 0.25) is 0 Å². The van der Waals surface area contributed by atoms with Gasteiger partial charge in [-0.25, -0.2) is 4.79 Å². The van der Waals surface area contributed by atoms with E-state index in [1.54, 1.807) is 6.92 Å². The van der Waals surface area contributed by atoms with Crippen LogP contribution in [0.3, 0.4) is 0 Å². The molecule has 0 aromatic heterocycles. The second-order valence-electron chi connectivity index (χ2n) is 3.72. The number of hydrogen-bond acceptors (Lipinski definition) is 3. The van der Waals surface area contributed by atoms with E-state index in [4.69, 9.17) is 5.11 Å². The molecule has 3 N–H and O–H groups in total. The molecule has 16 heavy (non-hydrogen) atoms. The summed E-state index contributed by atoms with van der Waals surface area (Å²) in [5.74, 6) is -1.36. The number of aliphatic carboxylic acids is 1.